The molecule has 1 aliphatic heterocycles. The van der Waals surface area contributed by atoms with Crippen LogP contribution in [0.3, 0.4) is 0 Å². The van der Waals surface area contributed by atoms with Gasteiger partial charge in [-0.25, -0.2) is 0 Å². The van der Waals surface area contributed by atoms with E-state index in [0.717, 1.165) is 22.9 Å². The highest BCUT2D eigenvalue weighted by atomic mass is 32.2. The van der Waals surface area contributed by atoms with Crippen molar-refractivity contribution in [3.05, 3.63) is 42.5 Å². The molecule has 1 fully saturated rings. The number of amides is 1. The van der Waals surface area contributed by atoms with Gasteiger partial charge in [-0.05, 0) is 56.3 Å². The van der Waals surface area contributed by atoms with E-state index < -0.39 is 0 Å². The monoisotopic (exact) mass is 398 g/mol. The number of piperazine rings is 1. The number of anilines is 3. The van der Waals surface area contributed by atoms with Crippen molar-refractivity contribution in [1.82, 2.24) is 4.90 Å². The number of carbonyl (C=O) groups is 1. The van der Waals surface area contributed by atoms with Crippen molar-refractivity contribution < 1.29 is 4.79 Å². The molecular weight excluding hydrogens is 368 g/mol. The Morgan fingerprint density at radius 1 is 0.964 bits per heavy atom. The summed E-state index contributed by atoms with van der Waals surface area (Å²) in [6.07, 6.45) is 0. The molecule has 0 bridgehead atoms. The molecule has 0 aliphatic carbocycles. The Hall–Kier alpha value is -2.34. The fourth-order valence-corrected chi connectivity index (χ4v) is 4.61. The molecule has 150 valence electrons. The molecule has 5 nitrogen and oxygen atoms in total. The van der Waals surface area contributed by atoms with Gasteiger partial charge in [-0.3, -0.25) is 4.79 Å². The van der Waals surface area contributed by atoms with Gasteiger partial charge >= 0.3 is 0 Å². The van der Waals surface area contributed by atoms with Crippen LogP contribution in [-0.2, 0) is 4.79 Å². The number of rotatable bonds is 4. The lowest BCUT2D eigenvalue weighted by atomic mass is 10.0. The van der Waals surface area contributed by atoms with E-state index in [2.05, 4.69) is 47.9 Å². The van der Waals surface area contributed by atoms with E-state index in [4.69, 9.17) is 11.5 Å². The molecule has 4 N–H and O–H groups in total. The summed E-state index contributed by atoms with van der Waals surface area (Å²) in [5.74, 6) is 0.282. The van der Waals surface area contributed by atoms with E-state index >= 15 is 0 Å². The zero-order chi connectivity index (χ0) is 20.4. The van der Waals surface area contributed by atoms with Gasteiger partial charge < -0.3 is 21.3 Å². The summed E-state index contributed by atoms with van der Waals surface area (Å²) in [6.45, 7) is 9.92. The second-order valence-corrected chi connectivity index (χ2v) is 9.04. The standard InChI is InChI=1S/C22H30N4OS/c1-14(2)22(27)26-15(3)12-25(13-16(26)4)17-5-7-18(8-6-17)28-19-9-10-20(23)21(24)11-19/h5-11,14-16H,12-13,23-24H2,1-4H3. The van der Waals surface area contributed by atoms with E-state index in [1.807, 2.05) is 32.0 Å². The molecule has 0 aromatic heterocycles. The molecule has 1 heterocycles. The number of benzene rings is 2. The van der Waals surface area contributed by atoms with Crippen molar-refractivity contribution in [2.24, 2.45) is 5.92 Å². The van der Waals surface area contributed by atoms with Crippen molar-refractivity contribution in [3.63, 3.8) is 0 Å². The molecule has 2 aromatic carbocycles. The van der Waals surface area contributed by atoms with Crippen molar-refractivity contribution >= 4 is 34.7 Å². The second-order valence-electron chi connectivity index (χ2n) is 7.89. The molecule has 1 aliphatic rings. The molecule has 1 amide bonds. The molecule has 28 heavy (non-hydrogen) atoms. The van der Waals surface area contributed by atoms with Crippen molar-refractivity contribution in [2.45, 2.75) is 49.6 Å². The zero-order valence-electron chi connectivity index (χ0n) is 17.1. The van der Waals surface area contributed by atoms with Gasteiger partial charge in [-0.1, -0.05) is 25.6 Å². The number of nitrogens with two attached hydrogens (primary N) is 2. The summed E-state index contributed by atoms with van der Waals surface area (Å²) in [7, 11) is 0. The third-order valence-electron chi connectivity index (χ3n) is 5.16. The summed E-state index contributed by atoms with van der Waals surface area (Å²) in [5, 5.41) is 0. The first kappa shape index (κ1) is 20.4. The normalized spacial score (nSPS) is 19.9. The molecular formula is C22H30N4OS. The molecule has 0 saturated carbocycles. The van der Waals surface area contributed by atoms with E-state index in [1.54, 1.807) is 11.8 Å². The molecule has 1 saturated heterocycles. The highest BCUT2D eigenvalue weighted by Crippen LogP contribution is 2.32. The van der Waals surface area contributed by atoms with Crippen LogP contribution in [0.15, 0.2) is 52.3 Å². The molecule has 6 heteroatoms. The number of carbonyl (C=O) groups excluding carboxylic acids is 1. The highest BCUT2D eigenvalue weighted by Gasteiger charge is 2.33. The maximum atomic E-state index is 12.5. The second kappa shape index (κ2) is 8.35. The van der Waals surface area contributed by atoms with Crippen molar-refractivity contribution in [3.8, 4) is 0 Å². The lowest BCUT2D eigenvalue weighted by Crippen LogP contribution is -2.59. The average molecular weight is 399 g/mol. The molecule has 0 spiro atoms. The van der Waals surface area contributed by atoms with Gasteiger partial charge in [0.05, 0.1) is 11.4 Å². The number of nitrogens with zero attached hydrogens (tertiary/aromatic N) is 2. The van der Waals surface area contributed by atoms with Gasteiger partial charge in [0.2, 0.25) is 5.91 Å². The summed E-state index contributed by atoms with van der Waals surface area (Å²) in [6, 6.07) is 14.7. The Kier molecular flexibility index (Phi) is 6.08. The fraction of sp³-hybridized carbons (Fsp3) is 0.409. The van der Waals surface area contributed by atoms with E-state index in [9.17, 15) is 4.79 Å². The molecule has 0 radical (unpaired) electrons. The predicted octanol–water partition coefficient (Wildman–Crippen LogP) is 4.08. The summed E-state index contributed by atoms with van der Waals surface area (Å²) >= 11 is 1.67. The molecule has 3 rings (SSSR count). The van der Waals surface area contributed by atoms with Crippen LogP contribution in [0, 0.1) is 5.92 Å². The minimum Gasteiger partial charge on any atom is -0.397 e. The van der Waals surface area contributed by atoms with Crippen LogP contribution in [0.5, 0.6) is 0 Å². The SMILES string of the molecule is CC(C)C(=O)N1C(C)CN(c2ccc(Sc3ccc(N)c(N)c3)cc2)CC1C. The van der Waals surface area contributed by atoms with E-state index in [1.165, 1.54) is 5.69 Å². The van der Waals surface area contributed by atoms with Crippen LogP contribution in [0.2, 0.25) is 0 Å². The van der Waals surface area contributed by atoms with Crippen LogP contribution in [0.1, 0.15) is 27.7 Å². The Morgan fingerprint density at radius 3 is 2.07 bits per heavy atom. The third kappa shape index (κ3) is 4.38. The van der Waals surface area contributed by atoms with Gasteiger partial charge in [0, 0.05) is 46.6 Å². The van der Waals surface area contributed by atoms with E-state index in [0.29, 0.717) is 11.4 Å². The Morgan fingerprint density at radius 2 is 1.54 bits per heavy atom. The smallest absolute Gasteiger partial charge is 0.225 e. The van der Waals surface area contributed by atoms with Crippen molar-refractivity contribution in [2.75, 3.05) is 29.5 Å². The number of nitrogen functional groups attached to an aromatic ring is 2. The Labute approximate surface area is 172 Å². The molecule has 2 unspecified atom stereocenters. The number of hydrogen-bond acceptors (Lipinski definition) is 5. The Bertz CT molecular complexity index is 825. The Balaban J connectivity index is 1.68. The van der Waals surface area contributed by atoms with Gasteiger partial charge in [-0.2, -0.15) is 0 Å². The predicted molar refractivity (Wildman–Crippen MR) is 119 cm³/mol. The summed E-state index contributed by atoms with van der Waals surface area (Å²) in [4.78, 5) is 19.2. The largest absolute Gasteiger partial charge is 0.397 e. The van der Waals surface area contributed by atoms with Gasteiger partial charge in [0.15, 0.2) is 0 Å². The minimum absolute atomic E-state index is 0.0372. The first-order chi connectivity index (χ1) is 13.3. The van der Waals surface area contributed by atoms with E-state index in [-0.39, 0.29) is 23.9 Å². The van der Waals surface area contributed by atoms with Crippen molar-refractivity contribution in [1.29, 1.82) is 0 Å². The maximum absolute atomic E-state index is 12.5. The summed E-state index contributed by atoms with van der Waals surface area (Å²) < 4.78 is 0. The van der Waals surface area contributed by atoms with Crippen LogP contribution in [0.4, 0.5) is 17.1 Å². The van der Waals surface area contributed by atoms with Gasteiger partial charge in [0.1, 0.15) is 0 Å². The van der Waals surface area contributed by atoms with Crippen LogP contribution in [0.25, 0.3) is 0 Å². The fourth-order valence-electron chi connectivity index (χ4n) is 3.74. The number of hydrogen-bond donors (Lipinski definition) is 2. The average Bonchev–Trinajstić information content (AvgIpc) is 2.64. The third-order valence-corrected chi connectivity index (χ3v) is 6.16. The van der Waals surface area contributed by atoms with Crippen LogP contribution in [-0.4, -0.2) is 36.0 Å². The highest BCUT2D eigenvalue weighted by molar-refractivity contribution is 7.99. The zero-order valence-corrected chi connectivity index (χ0v) is 17.9. The quantitative estimate of drug-likeness (QED) is 0.759. The lowest BCUT2D eigenvalue weighted by molar-refractivity contribution is -0.139. The van der Waals surface area contributed by atoms with Crippen LogP contribution < -0.4 is 16.4 Å². The first-order valence-corrected chi connectivity index (χ1v) is 10.6. The van der Waals surface area contributed by atoms with Gasteiger partial charge in [-0.15, -0.1) is 0 Å². The van der Waals surface area contributed by atoms with Crippen LogP contribution >= 0.6 is 11.8 Å². The lowest BCUT2D eigenvalue weighted by Gasteiger charge is -2.46. The maximum Gasteiger partial charge on any atom is 0.225 e. The minimum atomic E-state index is 0.0372. The van der Waals surface area contributed by atoms with Gasteiger partial charge in [0.25, 0.3) is 0 Å². The molecule has 2 aromatic rings. The first-order valence-electron chi connectivity index (χ1n) is 9.76. The molecule has 2 atom stereocenters. The topological polar surface area (TPSA) is 75.6 Å². The summed E-state index contributed by atoms with van der Waals surface area (Å²) in [5.41, 5.74) is 14.1.